The maximum Gasteiger partial charge on any atom is 0.327 e. The Morgan fingerprint density at radius 1 is 1.31 bits per heavy atom. The van der Waals surface area contributed by atoms with Gasteiger partial charge in [-0.1, -0.05) is 6.92 Å². The number of carboxylic acid groups (broad SMARTS) is 1. The minimum Gasteiger partial charge on any atom is -0.480 e. The highest BCUT2D eigenvalue weighted by molar-refractivity contribution is 8.00. The van der Waals surface area contributed by atoms with Crippen molar-refractivity contribution in [2.75, 3.05) is 23.0 Å². The highest BCUT2D eigenvalue weighted by Gasteiger charge is 2.17. The van der Waals surface area contributed by atoms with Crippen LogP contribution in [0.5, 0.6) is 0 Å². The van der Waals surface area contributed by atoms with E-state index in [-0.39, 0.29) is 5.91 Å². The fraction of sp³-hybridized carbons (Fsp3) is 0.800. The van der Waals surface area contributed by atoms with Crippen molar-refractivity contribution in [2.45, 2.75) is 26.3 Å². The number of carboxylic acids is 1. The zero-order valence-electron chi connectivity index (χ0n) is 9.69. The van der Waals surface area contributed by atoms with Crippen molar-refractivity contribution in [3.05, 3.63) is 0 Å². The van der Waals surface area contributed by atoms with Crippen LogP contribution in [0, 0.1) is 0 Å². The fourth-order valence-electron chi connectivity index (χ4n) is 1.03. The fourth-order valence-corrected chi connectivity index (χ4v) is 2.83. The van der Waals surface area contributed by atoms with Crippen LogP contribution in [0.4, 0.5) is 0 Å². The molecule has 0 bridgehead atoms. The predicted octanol–water partition coefficient (Wildman–Crippen LogP) is 1.45. The molecule has 4 nitrogen and oxygen atoms in total. The molecule has 94 valence electrons. The van der Waals surface area contributed by atoms with Crippen LogP contribution in [-0.4, -0.2) is 46.0 Å². The quantitative estimate of drug-likeness (QED) is 0.618. The summed E-state index contributed by atoms with van der Waals surface area (Å²) in [6.45, 7) is 3.45. The van der Waals surface area contributed by atoms with E-state index in [1.54, 1.807) is 11.8 Å². The molecule has 0 aliphatic heterocycles. The number of amides is 1. The van der Waals surface area contributed by atoms with E-state index < -0.39 is 12.0 Å². The van der Waals surface area contributed by atoms with Crippen LogP contribution in [-0.2, 0) is 9.59 Å². The van der Waals surface area contributed by atoms with E-state index in [0.29, 0.717) is 5.75 Å². The molecule has 0 saturated carbocycles. The lowest BCUT2D eigenvalue weighted by Crippen LogP contribution is -2.41. The van der Waals surface area contributed by atoms with Gasteiger partial charge in [0.05, 0.1) is 0 Å². The van der Waals surface area contributed by atoms with Crippen molar-refractivity contribution in [1.82, 2.24) is 5.32 Å². The molecule has 6 heteroatoms. The molecule has 1 atom stereocenters. The molecule has 0 saturated heterocycles. The summed E-state index contributed by atoms with van der Waals surface area (Å²) < 4.78 is 0. The van der Waals surface area contributed by atoms with Gasteiger partial charge in [0, 0.05) is 12.7 Å². The first-order chi connectivity index (χ1) is 7.57. The van der Waals surface area contributed by atoms with Gasteiger partial charge in [-0.3, -0.25) is 4.79 Å². The van der Waals surface area contributed by atoms with Crippen molar-refractivity contribution in [3.8, 4) is 0 Å². The van der Waals surface area contributed by atoms with Crippen LogP contribution in [0.1, 0.15) is 20.3 Å². The topological polar surface area (TPSA) is 66.4 Å². The Labute approximate surface area is 105 Å². The summed E-state index contributed by atoms with van der Waals surface area (Å²) in [4.78, 5) is 21.5. The van der Waals surface area contributed by atoms with Crippen LogP contribution in [0.2, 0.25) is 0 Å². The van der Waals surface area contributed by atoms with Crippen LogP contribution in [0.15, 0.2) is 0 Å². The smallest absolute Gasteiger partial charge is 0.327 e. The first kappa shape index (κ1) is 15.6. The van der Waals surface area contributed by atoms with Crippen molar-refractivity contribution < 1.29 is 14.7 Å². The normalized spacial score (nSPS) is 12.1. The van der Waals surface area contributed by atoms with E-state index in [1.807, 2.05) is 11.8 Å². The molecule has 0 radical (unpaired) electrons. The maximum atomic E-state index is 10.8. The molecule has 2 N–H and O–H groups in total. The molecule has 0 aliphatic rings. The summed E-state index contributed by atoms with van der Waals surface area (Å²) in [6.07, 6.45) is 1.08. The van der Waals surface area contributed by atoms with Gasteiger partial charge in [0.25, 0.3) is 0 Å². The van der Waals surface area contributed by atoms with E-state index in [0.717, 1.165) is 23.7 Å². The van der Waals surface area contributed by atoms with Crippen LogP contribution in [0.25, 0.3) is 0 Å². The highest BCUT2D eigenvalue weighted by atomic mass is 32.2. The third kappa shape index (κ3) is 8.91. The molecule has 0 aromatic heterocycles. The Balaban J connectivity index is 3.60. The summed E-state index contributed by atoms with van der Waals surface area (Å²) in [7, 11) is 0. The van der Waals surface area contributed by atoms with Gasteiger partial charge in [-0.05, 0) is 23.7 Å². The van der Waals surface area contributed by atoms with E-state index in [1.165, 1.54) is 6.92 Å². The lowest BCUT2D eigenvalue weighted by atomic mass is 10.3. The Morgan fingerprint density at radius 2 is 1.94 bits per heavy atom. The number of rotatable bonds is 9. The van der Waals surface area contributed by atoms with Gasteiger partial charge in [0.2, 0.25) is 5.91 Å². The average Bonchev–Trinajstić information content (AvgIpc) is 2.20. The second kappa shape index (κ2) is 9.84. The Hall–Kier alpha value is -0.360. The molecule has 0 aromatic rings. The van der Waals surface area contributed by atoms with E-state index in [4.69, 9.17) is 5.11 Å². The Morgan fingerprint density at radius 3 is 2.44 bits per heavy atom. The van der Waals surface area contributed by atoms with Gasteiger partial charge in [-0.25, -0.2) is 4.79 Å². The number of aliphatic carboxylic acids is 1. The number of hydrogen-bond acceptors (Lipinski definition) is 4. The summed E-state index contributed by atoms with van der Waals surface area (Å²) in [5.74, 6) is 2.35. The molecule has 0 spiro atoms. The van der Waals surface area contributed by atoms with E-state index in [2.05, 4.69) is 12.2 Å². The largest absolute Gasteiger partial charge is 0.480 e. The first-order valence-corrected chi connectivity index (χ1v) is 7.54. The molecule has 1 unspecified atom stereocenters. The first-order valence-electron chi connectivity index (χ1n) is 5.23. The molecular weight excluding hydrogens is 246 g/mol. The molecule has 0 heterocycles. The lowest BCUT2D eigenvalue weighted by Gasteiger charge is -2.12. The van der Waals surface area contributed by atoms with Gasteiger partial charge in [-0.2, -0.15) is 23.5 Å². The van der Waals surface area contributed by atoms with Crippen molar-refractivity contribution in [3.63, 3.8) is 0 Å². The van der Waals surface area contributed by atoms with Gasteiger partial charge in [0.1, 0.15) is 6.04 Å². The maximum absolute atomic E-state index is 10.8. The minimum absolute atomic E-state index is 0.297. The van der Waals surface area contributed by atoms with Gasteiger partial charge < -0.3 is 10.4 Å². The summed E-state index contributed by atoms with van der Waals surface area (Å²) in [6, 6.07) is -0.763. The summed E-state index contributed by atoms with van der Waals surface area (Å²) >= 11 is 3.46. The monoisotopic (exact) mass is 265 g/mol. The molecular formula is C10H19NO3S2. The zero-order chi connectivity index (χ0) is 12.4. The van der Waals surface area contributed by atoms with Crippen molar-refractivity contribution >= 4 is 35.4 Å². The standard InChI is InChI=1S/C10H19NO3S2/c1-3-15-5-4-6-16-7-9(10(13)14)11-8(2)12/h9H,3-7H2,1-2H3,(H,11,12)(H,13,14). The summed E-state index contributed by atoms with van der Waals surface area (Å²) in [5.41, 5.74) is 0. The zero-order valence-corrected chi connectivity index (χ0v) is 11.3. The summed E-state index contributed by atoms with van der Waals surface area (Å²) in [5, 5.41) is 11.2. The van der Waals surface area contributed by atoms with Gasteiger partial charge in [0.15, 0.2) is 0 Å². The number of hydrogen-bond donors (Lipinski definition) is 2. The Kier molecular flexibility index (Phi) is 9.62. The predicted molar refractivity (Wildman–Crippen MR) is 70.2 cm³/mol. The molecule has 1 amide bonds. The van der Waals surface area contributed by atoms with Crippen LogP contribution < -0.4 is 5.32 Å². The third-order valence-corrected chi connectivity index (χ3v) is 3.87. The lowest BCUT2D eigenvalue weighted by molar-refractivity contribution is -0.140. The molecule has 0 aromatic carbocycles. The minimum atomic E-state index is -0.967. The molecule has 0 fully saturated rings. The number of nitrogens with one attached hydrogen (secondary N) is 1. The molecule has 0 aliphatic carbocycles. The van der Waals surface area contributed by atoms with Crippen molar-refractivity contribution in [1.29, 1.82) is 0 Å². The number of thioether (sulfide) groups is 2. The van der Waals surface area contributed by atoms with Crippen LogP contribution in [0.3, 0.4) is 0 Å². The van der Waals surface area contributed by atoms with E-state index >= 15 is 0 Å². The number of carbonyl (C=O) groups excluding carboxylic acids is 1. The third-order valence-electron chi connectivity index (χ3n) is 1.74. The number of carbonyl (C=O) groups is 2. The average molecular weight is 265 g/mol. The molecule has 0 rings (SSSR count). The van der Waals surface area contributed by atoms with Gasteiger partial charge >= 0.3 is 5.97 Å². The van der Waals surface area contributed by atoms with Crippen LogP contribution >= 0.6 is 23.5 Å². The molecule has 16 heavy (non-hydrogen) atoms. The second-order valence-corrected chi connectivity index (χ2v) is 5.76. The SMILES string of the molecule is CCSCCCSCC(NC(C)=O)C(=O)O. The second-order valence-electron chi connectivity index (χ2n) is 3.22. The van der Waals surface area contributed by atoms with Gasteiger partial charge in [-0.15, -0.1) is 0 Å². The highest BCUT2D eigenvalue weighted by Crippen LogP contribution is 2.09. The van der Waals surface area contributed by atoms with Crippen molar-refractivity contribution in [2.24, 2.45) is 0 Å². The Bertz CT molecular complexity index is 224. The van der Waals surface area contributed by atoms with E-state index in [9.17, 15) is 9.59 Å².